The van der Waals surface area contributed by atoms with E-state index in [4.69, 9.17) is 10.8 Å². The Balaban J connectivity index is 2.46. The van der Waals surface area contributed by atoms with Gasteiger partial charge in [0.2, 0.25) is 0 Å². The molecule has 0 saturated heterocycles. The molecule has 0 aliphatic heterocycles. The number of hydrogen-bond acceptors (Lipinski definition) is 5. The average molecular weight is 215 g/mol. The second-order valence-corrected chi connectivity index (χ2v) is 4.21. The lowest BCUT2D eigenvalue weighted by atomic mass is 10.4. The van der Waals surface area contributed by atoms with E-state index >= 15 is 0 Å². The molecule has 0 saturated carbocycles. The molecular formula is C9H17N3OS. The SMILES string of the molecule is Cc1nc(CN(CCN)CCO)cs1. The first-order valence-electron chi connectivity index (χ1n) is 4.70. The fourth-order valence-electron chi connectivity index (χ4n) is 1.30. The molecule has 1 heterocycles. The van der Waals surface area contributed by atoms with Gasteiger partial charge < -0.3 is 10.8 Å². The van der Waals surface area contributed by atoms with E-state index in [9.17, 15) is 0 Å². The molecule has 0 bridgehead atoms. The second kappa shape index (κ2) is 6.08. The molecule has 0 atom stereocenters. The monoisotopic (exact) mass is 215 g/mol. The van der Waals surface area contributed by atoms with Gasteiger partial charge in [-0.2, -0.15) is 0 Å². The van der Waals surface area contributed by atoms with Gasteiger partial charge in [-0.05, 0) is 6.92 Å². The highest BCUT2D eigenvalue weighted by atomic mass is 32.1. The molecule has 1 aromatic heterocycles. The molecule has 0 aromatic carbocycles. The highest BCUT2D eigenvalue weighted by molar-refractivity contribution is 7.09. The molecule has 0 amide bonds. The van der Waals surface area contributed by atoms with Crippen molar-refractivity contribution >= 4 is 11.3 Å². The number of aromatic nitrogens is 1. The third-order valence-corrected chi connectivity index (χ3v) is 2.74. The maximum absolute atomic E-state index is 8.85. The number of nitrogens with zero attached hydrogens (tertiary/aromatic N) is 2. The summed E-state index contributed by atoms with van der Waals surface area (Å²) in [6.45, 7) is 5.02. The zero-order valence-corrected chi connectivity index (χ0v) is 9.26. The van der Waals surface area contributed by atoms with Crippen LogP contribution in [-0.4, -0.2) is 41.2 Å². The summed E-state index contributed by atoms with van der Waals surface area (Å²) in [5.41, 5.74) is 6.54. The summed E-state index contributed by atoms with van der Waals surface area (Å²) >= 11 is 1.65. The quantitative estimate of drug-likeness (QED) is 0.712. The molecule has 0 spiro atoms. The van der Waals surface area contributed by atoms with Gasteiger partial charge in [-0.1, -0.05) is 0 Å². The van der Waals surface area contributed by atoms with Crippen molar-refractivity contribution in [3.8, 4) is 0 Å². The van der Waals surface area contributed by atoms with Gasteiger partial charge >= 0.3 is 0 Å². The molecule has 0 fully saturated rings. The Morgan fingerprint density at radius 3 is 2.86 bits per heavy atom. The Bertz CT molecular complexity index is 258. The van der Waals surface area contributed by atoms with Crippen LogP contribution < -0.4 is 5.73 Å². The number of aryl methyl sites for hydroxylation is 1. The van der Waals surface area contributed by atoms with Gasteiger partial charge in [0, 0.05) is 31.6 Å². The van der Waals surface area contributed by atoms with Crippen molar-refractivity contribution in [2.75, 3.05) is 26.2 Å². The van der Waals surface area contributed by atoms with E-state index in [2.05, 4.69) is 15.3 Å². The van der Waals surface area contributed by atoms with Crippen LogP contribution in [-0.2, 0) is 6.54 Å². The summed E-state index contributed by atoms with van der Waals surface area (Å²) in [5.74, 6) is 0. The number of hydrogen-bond donors (Lipinski definition) is 2. The fraction of sp³-hybridized carbons (Fsp3) is 0.667. The molecule has 3 N–H and O–H groups in total. The molecule has 0 radical (unpaired) electrons. The topological polar surface area (TPSA) is 62.4 Å². The summed E-state index contributed by atoms with van der Waals surface area (Å²) in [6.07, 6.45) is 0. The van der Waals surface area contributed by atoms with Crippen molar-refractivity contribution in [2.45, 2.75) is 13.5 Å². The predicted octanol–water partition coefficient (Wildman–Crippen LogP) is 0.205. The normalized spacial score (nSPS) is 11.1. The first-order chi connectivity index (χ1) is 6.76. The van der Waals surface area contributed by atoms with Crippen LogP contribution in [0.5, 0.6) is 0 Å². The maximum atomic E-state index is 8.85. The maximum Gasteiger partial charge on any atom is 0.0897 e. The highest BCUT2D eigenvalue weighted by Crippen LogP contribution is 2.09. The van der Waals surface area contributed by atoms with E-state index in [-0.39, 0.29) is 6.61 Å². The van der Waals surface area contributed by atoms with Crippen molar-refractivity contribution in [2.24, 2.45) is 5.73 Å². The lowest BCUT2D eigenvalue weighted by Crippen LogP contribution is -2.31. The van der Waals surface area contributed by atoms with Gasteiger partial charge in [-0.25, -0.2) is 4.98 Å². The van der Waals surface area contributed by atoms with Gasteiger partial charge in [-0.3, -0.25) is 4.90 Å². The molecule has 0 aliphatic carbocycles. The van der Waals surface area contributed by atoms with Crippen LogP contribution in [0.2, 0.25) is 0 Å². The summed E-state index contributed by atoms with van der Waals surface area (Å²) in [6, 6.07) is 0. The molecule has 1 aromatic rings. The van der Waals surface area contributed by atoms with E-state index in [0.29, 0.717) is 13.1 Å². The third kappa shape index (κ3) is 3.71. The fourth-order valence-corrected chi connectivity index (χ4v) is 1.91. The molecule has 0 unspecified atom stereocenters. The van der Waals surface area contributed by atoms with Crippen LogP contribution in [0.15, 0.2) is 5.38 Å². The molecule has 5 heteroatoms. The first kappa shape index (κ1) is 11.6. The minimum Gasteiger partial charge on any atom is -0.395 e. The number of thiazole rings is 1. The average Bonchev–Trinajstić information content (AvgIpc) is 2.52. The molecule has 4 nitrogen and oxygen atoms in total. The van der Waals surface area contributed by atoms with Crippen LogP contribution in [0.4, 0.5) is 0 Å². The summed E-state index contributed by atoms with van der Waals surface area (Å²) in [5, 5.41) is 12.0. The van der Waals surface area contributed by atoms with E-state index < -0.39 is 0 Å². The van der Waals surface area contributed by atoms with E-state index in [1.54, 1.807) is 11.3 Å². The van der Waals surface area contributed by atoms with Crippen LogP contribution in [0.3, 0.4) is 0 Å². The standard InChI is InChI=1S/C9H17N3OS/c1-8-11-9(7-14-8)6-12(3-2-10)4-5-13/h7,13H,2-6,10H2,1H3. The number of rotatable bonds is 6. The number of aliphatic hydroxyl groups excluding tert-OH is 1. The van der Waals surface area contributed by atoms with E-state index in [0.717, 1.165) is 23.8 Å². The lowest BCUT2D eigenvalue weighted by Gasteiger charge is -2.18. The lowest BCUT2D eigenvalue weighted by molar-refractivity contribution is 0.192. The molecule has 80 valence electrons. The Labute approximate surface area is 88.4 Å². The molecule has 0 aliphatic rings. The number of aliphatic hydroxyl groups is 1. The van der Waals surface area contributed by atoms with E-state index in [1.165, 1.54) is 0 Å². The predicted molar refractivity (Wildman–Crippen MR) is 58.3 cm³/mol. The van der Waals surface area contributed by atoms with Gasteiger partial charge in [0.15, 0.2) is 0 Å². The van der Waals surface area contributed by atoms with Crippen molar-refractivity contribution in [1.29, 1.82) is 0 Å². The molecular weight excluding hydrogens is 198 g/mol. The largest absolute Gasteiger partial charge is 0.395 e. The zero-order chi connectivity index (χ0) is 10.4. The first-order valence-corrected chi connectivity index (χ1v) is 5.58. The summed E-state index contributed by atoms with van der Waals surface area (Å²) < 4.78 is 0. The van der Waals surface area contributed by atoms with Crippen molar-refractivity contribution in [1.82, 2.24) is 9.88 Å². The smallest absolute Gasteiger partial charge is 0.0897 e. The van der Waals surface area contributed by atoms with Gasteiger partial charge in [0.05, 0.1) is 17.3 Å². The summed E-state index contributed by atoms with van der Waals surface area (Å²) in [4.78, 5) is 6.48. The Morgan fingerprint density at radius 1 is 1.57 bits per heavy atom. The van der Waals surface area contributed by atoms with Crippen LogP contribution in [0.1, 0.15) is 10.7 Å². The van der Waals surface area contributed by atoms with Crippen molar-refractivity contribution < 1.29 is 5.11 Å². The van der Waals surface area contributed by atoms with Gasteiger partial charge in [0.1, 0.15) is 0 Å². The number of nitrogens with two attached hydrogens (primary N) is 1. The Hall–Kier alpha value is -0.490. The van der Waals surface area contributed by atoms with Gasteiger partial charge in [0.25, 0.3) is 0 Å². The summed E-state index contributed by atoms with van der Waals surface area (Å²) in [7, 11) is 0. The van der Waals surface area contributed by atoms with Crippen LogP contribution in [0, 0.1) is 6.92 Å². The molecule has 1 rings (SSSR count). The zero-order valence-electron chi connectivity index (χ0n) is 8.44. The minimum absolute atomic E-state index is 0.170. The van der Waals surface area contributed by atoms with Crippen LogP contribution in [0.25, 0.3) is 0 Å². The van der Waals surface area contributed by atoms with Crippen molar-refractivity contribution in [3.63, 3.8) is 0 Å². The minimum atomic E-state index is 0.170. The van der Waals surface area contributed by atoms with Gasteiger partial charge in [-0.15, -0.1) is 11.3 Å². The van der Waals surface area contributed by atoms with Crippen LogP contribution >= 0.6 is 11.3 Å². The second-order valence-electron chi connectivity index (χ2n) is 3.15. The Kier molecular flexibility index (Phi) is 5.03. The van der Waals surface area contributed by atoms with Crippen molar-refractivity contribution in [3.05, 3.63) is 16.1 Å². The third-order valence-electron chi connectivity index (χ3n) is 1.91. The van der Waals surface area contributed by atoms with E-state index in [1.807, 2.05) is 6.92 Å². The Morgan fingerprint density at radius 2 is 2.36 bits per heavy atom. The molecule has 14 heavy (non-hydrogen) atoms. The highest BCUT2D eigenvalue weighted by Gasteiger charge is 2.06.